The summed E-state index contributed by atoms with van der Waals surface area (Å²) in [5.74, 6) is -3.11. The maximum atomic E-state index is 14.4. The van der Waals surface area contributed by atoms with Crippen LogP contribution in [0.5, 0.6) is 0 Å². The van der Waals surface area contributed by atoms with Gasteiger partial charge in [0, 0.05) is 17.3 Å². The normalized spacial score (nSPS) is 32.3. The molecule has 36 heavy (non-hydrogen) atoms. The number of aliphatic hydroxyl groups is 1. The first-order chi connectivity index (χ1) is 17.1. The lowest BCUT2D eigenvalue weighted by molar-refractivity contribution is -0.151. The van der Waals surface area contributed by atoms with Crippen LogP contribution < -0.4 is 0 Å². The lowest BCUT2D eigenvalue weighted by Gasteiger charge is -2.41. The SMILES string of the molecule is C=CCN(C(=O)C1N([C@@H](CO)Cc2ccccc2)C(=O)[C@@H]2[C@@H](C(=O)O)[C@@]3(C)CCC12S3)C(C)CCC. The van der Waals surface area contributed by atoms with Crippen molar-refractivity contribution >= 4 is 29.5 Å². The Morgan fingerprint density at radius 2 is 2.00 bits per heavy atom. The van der Waals surface area contributed by atoms with Crippen LogP contribution in [0.4, 0.5) is 0 Å². The fraction of sp³-hybridized carbons (Fsp3) is 0.607. The predicted molar refractivity (Wildman–Crippen MR) is 141 cm³/mol. The average Bonchev–Trinajstić information content (AvgIpc) is 3.42. The largest absolute Gasteiger partial charge is 0.481 e. The lowest BCUT2D eigenvalue weighted by Crippen LogP contribution is -2.59. The number of aliphatic carboxylic acids is 1. The number of thioether (sulfide) groups is 1. The van der Waals surface area contributed by atoms with Crippen molar-refractivity contribution in [2.24, 2.45) is 11.8 Å². The maximum Gasteiger partial charge on any atom is 0.308 e. The summed E-state index contributed by atoms with van der Waals surface area (Å²) in [5, 5.41) is 20.7. The third-order valence-corrected chi connectivity index (χ3v) is 10.5. The molecule has 3 heterocycles. The number of hydrogen-bond donors (Lipinski definition) is 2. The quantitative estimate of drug-likeness (QED) is 0.440. The molecule has 0 aromatic heterocycles. The van der Waals surface area contributed by atoms with E-state index in [9.17, 15) is 24.6 Å². The van der Waals surface area contributed by atoms with Gasteiger partial charge in [-0.15, -0.1) is 18.3 Å². The van der Waals surface area contributed by atoms with E-state index in [4.69, 9.17) is 0 Å². The van der Waals surface area contributed by atoms with Crippen molar-refractivity contribution in [3.8, 4) is 0 Å². The summed E-state index contributed by atoms with van der Waals surface area (Å²) in [6.45, 7) is 9.91. The summed E-state index contributed by atoms with van der Waals surface area (Å²) < 4.78 is -1.41. The monoisotopic (exact) mass is 514 g/mol. The Bertz CT molecular complexity index is 1020. The van der Waals surface area contributed by atoms with Crippen LogP contribution >= 0.6 is 11.8 Å². The molecule has 3 fully saturated rings. The van der Waals surface area contributed by atoms with Crippen LogP contribution in [0.2, 0.25) is 0 Å². The molecule has 3 unspecified atom stereocenters. The van der Waals surface area contributed by atoms with Crippen LogP contribution in [0.15, 0.2) is 43.0 Å². The molecule has 2 amide bonds. The molecule has 1 aromatic carbocycles. The molecular formula is C28H38N2O5S. The van der Waals surface area contributed by atoms with E-state index >= 15 is 0 Å². The Kier molecular flexibility index (Phi) is 7.58. The zero-order chi connectivity index (χ0) is 26.3. The first-order valence-corrected chi connectivity index (χ1v) is 13.8. The Morgan fingerprint density at radius 1 is 1.31 bits per heavy atom. The number of carboxylic acid groups (broad SMARTS) is 1. The van der Waals surface area contributed by atoms with E-state index in [1.807, 2.05) is 44.2 Å². The van der Waals surface area contributed by atoms with Gasteiger partial charge in [0.15, 0.2) is 0 Å². The summed E-state index contributed by atoms with van der Waals surface area (Å²) in [7, 11) is 0. The Labute approximate surface area is 217 Å². The predicted octanol–water partition coefficient (Wildman–Crippen LogP) is 3.36. The van der Waals surface area contributed by atoms with Gasteiger partial charge >= 0.3 is 5.97 Å². The van der Waals surface area contributed by atoms with Gasteiger partial charge in [0.2, 0.25) is 11.8 Å². The maximum absolute atomic E-state index is 14.4. The van der Waals surface area contributed by atoms with E-state index in [2.05, 4.69) is 13.5 Å². The van der Waals surface area contributed by atoms with E-state index in [1.54, 1.807) is 15.9 Å². The van der Waals surface area contributed by atoms with Gasteiger partial charge in [-0.3, -0.25) is 14.4 Å². The number of carbonyl (C=O) groups excluding carboxylic acids is 2. The van der Waals surface area contributed by atoms with Gasteiger partial charge in [-0.05, 0) is 45.1 Å². The van der Waals surface area contributed by atoms with E-state index in [-0.39, 0.29) is 24.5 Å². The molecule has 0 saturated carbocycles. The Balaban J connectivity index is 1.81. The number of aliphatic hydroxyl groups excluding tert-OH is 1. The van der Waals surface area contributed by atoms with Crippen LogP contribution in [-0.2, 0) is 20.8 Å². The minimum Gasteiger partial charge on any atom is -0.481 e. The van der Waals surface area contributed by atoms with Crippen LogP contribution in [0, 0.1) is 11.8 Å². The van der Waals surface area contributed by atoms with Gasteiger partial charge in [-0.25, -0.2) is 0 Å². The molecule has 0 radical (unpaired) electrons. The van der Waals surface area contributed by atoms with Crippen molar-refractivity contribution in [2.75, 3.05) is 13.2 Å². The second-order valence-electron chi connectivity index (χ2n) is 10.8. The number of carboxylic acids is 1. The molecule has 1 spiro atoms. The molecule has 1 aromatic rings. The smallest absolute Gasteiger partial charge is 0.308 e. The van der Waals surface area contributed by atoms with E-state index in [0.29, 0.717) is 25.8 Å². The third kappa shape index (κ3) is 4.16. The number of benzene rings is 1. The molecule has 2 N–H and O–H groups in total. The highest BCUT2D eigenvalue weighted by molar-refractivity contribution is 8.02. The van der Waals surface area contributed by atoms with E-state index in [0.717, 1.165) is 18.4 Å². The van der Waals surface area contributed by atoms with Gasteiger partial charge in [0.25, 0.3) is 0 Å². The van der Waals surface area contributed by atoms with Gasteiger partial charge in [0.05, 0.1) is 29.2 Å². The van der Waals surface area contributed by atoms with Crippen molar-refractivity contribution in [2.45, 2.75) is 80.5 Å². The summed E-state index contributed by atoms with van der Waals surface area (Å²) in [6, 6.07) is 8.09. The minimum atomic E-state index is -0.983. The highest BCUT2D eigenvalue weighted by Gasteiger charge is 2.78. The van der Waals surface area contributed by atoms with Gasteiger partial charge in [0.1, 0.15) is 6.04 Å². The van der Waals surface area contributed by atoms with Crippen molar-refractivity contribution in [3.63, 3.8) is 0 Å². The zero-order valence-corrected chi connectivity index (χ0v) is 22.2. The first-order valence-electron chi connectivity index (χ1n) is 13.0. The highest BCUT2D eigenvalue weighted by Crippen LogP contribution is 2.71. The van der Waals surface area contributed by atoms with Gasteiger partial charge < -0.3 is 20.0 Å². The standard InChI is InChI=1S/C28H38N2O5S/c1-5-10-18(3)29(15-6-2)25(33)23-28-14-13-27(4,36-28)22(26(34)35)21(28)24(32)30(23)20(17-31)16-19-11-8-7-9-12-19/h6-9,11-12,18,20-23,31H,2,5,10,13-17H2,1,3-4H3,(H,34,35)/t18?,20-,21+,22+,23?,27-,28?/m1/s1. The van der Waals surface area contributed by atoms with Crippen molar-refractivity contribution in [3.05, 3.63) is 48.6 Å². The van der Waals surface area contributed by atoms with Crippen LogP contribution in [0.3, 0.4) is 0 Å². The fourth-order valence-electron chi connectivity index (χ4n) is 6.91. The molecular weight excluding hydrogens is 476 g/mol. The molecule has 2 bridgehead atoms. The molecule has 7 atom stereocenters. The van der Waals surface area contributed by atoms with Gasteiger partial charge in [-0.2, -0.15) is 0 Å². The number of carbonyl (C=O) groups is 3. The molecule has 196 valence electrons. The highest BCUT2D eigenvalue weighted by atomic mass is 32.2. The number of rotatable bonds is 11. The third-order valence-electron chi connectivity index (χ3n) is 8.48. The van der Waals surface area contributed by atoms with Crippen molar-refractivity contribution < 1.29 is 24.6 Å². The number of hydrogen-bond acceptors (Lipinski definition) is 5. The zero-order valence-electron chi connectivity index (χ0n) is 21.4. The number of likely N-dealkylation sites (tertiary alicyclic amines) is 1. The molecule has 3 aliphatic heterocycles. The molecule has 3 saturated heterocycles. The number of fused-ring (bicyclic) bond motifs is 1. The van der Waals surface area contributed by atoms with E-state index < -0.39 is 39.4 Å². The average molecular weight is 515 g/mol. The van der Waals surface area contributed by atoms with Gasteiger partial charge in [-0.1, -0.05) is 49.8 Å². The summed E-state index contributed by atoms with van der Waals surface area (Å²) >= 11 is 1.53. The summed E-state index contributed by atoms with van der Waals surface area (Å²) in [5.41, 5.74) is 0.950. The topological polar surface area (TPSA) is 98.2 Å². The molecule has 8 heteroatoms. The number of amides is 2. The van der Waals surface area contributed by atoms with E-state index in [1.165, 1.54) is 11.8 Å². The first kappa shape index (κ1) is 26.7. The fourth-order valence-corrected chi connectivity index (χ4v) is 9.24. The number of nitrogens with zero attached hydrogens (tertiary/aromatic N) is 2. The Hall–Kier alpha value is -2.32. The van der Waals surface area contributed by atoms with Crippen LogP contribution in [0.25, 0.3) is 0 Å². The van der Waals surface area contributed by atoms with Crippen LogP contribution in [-0.4, -0.2) is 78.6 Å². The molecule has 0 aliphatic carbocycles. The molecule has 7 nitrogen and oxygen atoms in total. The van der Waals surface area contributed by atoms with Crippen LogP contribution in [0.1, 0.15) is 52.0 Å². The second kappa shape index (κ2) is 10.2. The summed E-state index contributed by atoms with van der Waals surface area (Å²) in [6.07, 6.45) is 5.06. The molecule has 4 rings (SSSR count). The Morgan fingerprint density at radius 3 is 2.58 bits per heavy atom. The summed E-state index contributed by atoms with van der Waals surface area (Å²) in [4.78, 5) is 44.4. The molecule has 3 aliphatic rings. The second-order valence-corrected chi connectivity index (χ2v) is 12.7. The lowest BCUT2D eigenvalue weighted by atomic mass is 9.66. The van der Waals surface area contributed by atoms with Crippen molar-refractivity contribution in [1.29, 1.82) is 0 Å². The minimum absolute atomic E-state index is 0.0518. The van der Waals surface area contributed by atoms with Crippen molar-refractivity contribution in [1.82, 2.24) is 9.80 Å².